The third kappa shape index (κ3) is 4.29. The van der Waals surface area contributed by atoms with Crippen LogP contribution in [0.3, 0.4) is 0 Å². The van der Waals surface area contributed by atoms with Gasteiger partial charge < -0.3 is 4.57 Å². The van der Waals surface area contributed by atoms with Crippen molar-refractivity contribution in [3.63, 3.8) is 0 Å². The van der Waals surface area contributed by atoms with Gasteiger partial charge in [0.05, 0.1) is 16.6 Å². The zero-order chi connectivity index (χ0) is 30.5. The third-order valence-electron chi connectivity index (χ3n) is 8.63. The summed E-state index contributed by atoms with van der Waals surface area (Å²) in [5.41, 5.74) is 8.70. The smallest absolute Gasteiger partial charge is 0.238 e. The summed E-state index contributed by atoms with van der Waals surface area (Å²) in [4.78, 5) is 14.9. The molecular formula is C41H27N5. The van der Waals surface area contributed by atoms with Gasteiger partial charge in [-0.05, 0) is 35.9 Å². The minimum atomic E-state index is 0.581. The van der Waals surface area contributed by atoms with Gasteiger partial charge in [0.1, 0.15) is 0 Å². The first-order valence-corrected chi connectivity index (χ1v) is 15.4. The molecule has 3 aromatic heterocycles. The highest BCUT2D eigenvalue weighted by atomic mass is 15.2. The van der Waals surface area contributed by atoms with Gasteiger partial charge in [-0.2, -0.15) is 9.97 Å². The van der Waals surface area contributed by atoms with Gasteiger partial charge in [0.15, 0.2) is 11.6 Å². The van der Waals surface area contributed by atoms with E-state index in [0.717, 1.165) is 38.8 Å². The zero-order valence-corrected chi connectivity index (χ0v) is 24.8. The van der Waals surface area contributed by atoms with Gasteiger partial charge in [0, 0.05) is 44.7 Å². The molecule has 3 heterocycles. The predicted molar refractivity (Wildman–Crippen MR) is 187 cm³/mol. The molecule has 5 nitrogen and oxygen atoms in total. The number of hydrogen-bond donors (Lipinski definition) is 0. The molecule has 0 spiro atoms. The average molecular weight is 590 g/mol. The quantitative estimate of drug-likeness (QED) is 0.201. The summed E-state index contributed by atoms with van der Waals surface area (Å²) in [5.74, 6) is 1.86. The van der Waals surface area contributed by atoms with E-state index in [1.54, 1.807) is 0 Å². The van der Waals surface area contributed by atoms with Crippen LogP contribution in [-0.4, -0.2) is 24.1 Å². The largest absolute Gasteiger partial charge is 0.309 e. The second-order valence-electron chi connectivity index (χ2n) is 11.4. The Hall–Kier alpha value is -6.33. The van der Waals surface area contributed by atoms with Gasteiger partial charge in [0.25, 0.3) is 0 Å². The van der Waals surface area contributed by atoms with E-state index in [9.17, 15) is 0 Å². The fourth-order valence-electron chi connectivity index (χ4n) is 6.47. The van der Waals surface area contributed by atoms with Crippen LogP contribution < -0.4 is 0 Å². The van der Waals surface area contributed by atoms with Crippen LogP contribution >= 0.6 is 0 Å². The molecule has 0 saturated carbocycles. The van der Waals surface area contributed by atoms with E-state index in [4.69, 9.17) is 15.0 Å². The van der Waals surface area contributed by atoms with Gasteiger partial charge in [-0.1, -0.05) is 127 Å². The second kappa shape index (κ2) is 10.7. The molecule has 0 bridgehead atoms. The third-order valence-corrected chi connectivity index (χ3v) is 8.63. The molecule has 0 atom stereocenters. The maximum absolute atomic E-state index is 5.00. The van der Waals surface area contributed by atoms with Gasteiger partial charge in [-0.15, -0.1) is 0 Å². The molecule has 6 aromatic carbocycles. The molecule has 0 radical (unpaired) electrons. The van der Waals surface area contributed by atoms with Crippen LogP contribution in [0.1, 0.15) is 0 Å². The molecule has 0 saturated heterocycles. The molecule has 216 valence electrons. The molecule has 0 amide bonds. The lowest BCUT2D eigenvalue weighted by Crippen LogP contribution is -2.05. The lowest BCUT2D eigenvalue weighted by Gasteiger charge is -2.09. The van der Waals surface area contributed by atoms with Gasteiger partial charge in [-0.25, -0.2) is 4.98 Å². The summed E-state index contributed by atoms with van der Waals surface area (Å²) in [7, 11) is 0. The first-order valence-electron chi connectivity index (χ1n) is 15.4. The normalized spacial score (nSPS) is 11.5. The highest BCUT2D eigenvalue weighted by molar-refractivity contribution is 6.09. The van der Waals surface area contributed by atoms with E-state index >= 15 is 0 Å². The summed E-state index contributed by atoms with van der Waals surface area (Å²) in [5, 5.41) is 3.65. The van der Waals surface area contributed by atoms with Crippen molar-refractivity contribution in [3.05, 3.63) is 164 Å². The molecule has 0 aliphatic carbocycles. The lowest BCUT2D eigenvalue weighted by molar-refractivity contribution is 0.934. The monoisotopic (exact) mass is 589 g/mol. The van der Waals surface area contributed by atoms with Crippen molar-refractivity contribution in [2.45, 2.75) is 0 Å². The summed E-state index contributed by atoms with van der Waals surface area (Å²) >= 11 is 0. The minimum Gasteiger partial charge on any atom is -0.309 e. The Bertz CT molecular complexity index is 2400. The molecule has 0 unspecified atom stereocenters. The van der Waals surface area contributed by atoms with Crippen LogP contribution in [0.25, 0.3) is 78.2 Å². The maximum atomic E-state index is 5.00. The Morgan fingerprint density at radius 2 is 0.848 bits per heavy atom. The number of para-hydroxylation sites is 3. The van der Waals surface area contributed by atoms with Gasteiger partial charge in [0.2, 0.25) is 5.95 Å². The summed E-state index contributed by atoms with van der Waals surface area (Å²) < 4.78 is 4.44. The Morgan fingerprint density at radius 3 is 1.41 bits per heavy atom. The molecule has 5 heteroatoms. The van der Waals surface area contributed by atoms with Gasteiger partial charge in [-0.3, -0.25) is 4.57 Å². The zero-order valence-electron chi connectivity index (χ0n) is 24.8. The Morgan fingerprint density at radius 1 is 0.370 bits per heavy atom. The maximum Gasteiger partial charge on any atom is 0.238 e. The number of nitrogens with zero attached hydrogens (tertiary/aromatic N) is 5. The predicted octanol–water partition coefficient (Wildman–Crippen LogP) is 9.91. The highest BCUT2D eigenvalue weighted by Crippen LogP contribution is 2.35. The Balaban J connectivity index is 1.19. The van der Waals surface area contributed by atoms with E-state index < -0.39 is 0 Å². The Labute approximate surface area is 265 Å². The number of aromatic nitrogens is 5. The Kier molecular flexibility index (Phi) is 6.06. The standard InChI is InChI=1S/C41H27N5/c1-3-13-29(14-4-1)39-42-40(30-15-5-2-6-16-30)44-41(43-39)45-27-35(34-19-7-10-20-36(34)45)28-23-25-31(26-24-28)46-37-21-11-8-17-32(37)33-18-9-12-22-38(33)46/h1-27H. The molecule has 0 aliphatic rings. The van der Waals surface area contributed by atoms with Crippen molar-refractivity contribution in [3.8, 4) is 45.5 Å². The highest BCUT2D eigenvalue weighted by Gasteiger charge is 2.17. The molecule has 0 aliphatic heterocycles. The summed E-state index contributed by atoms with van der Waals surface area (Å²) in [6, 6.07) is 54.7. The lowest BCUT2D eigenvalue weighted by atomic mass is 10.0. The van der Waals surface area contributed by atoms with Crippen molar-refractivity contribution >= 4 is 32.7 Å². The van der Waals surface area contributed by atoms with Crippen LogP contribution in [0.15, 0.2) is 164 Å². The fraction of sp³-hybridized carbons (Fsp3) is 0. The van der Waals surface area contributed by atoms with Crippen LogP contribution in [-0.2, 0) is 0 Å². The summed E-state index contributed by atoms with van der Waals surface area (Å²) in [6.45, 7) is 0. The number of fused-ring (bicyclic) bond motifs is 4. The molecular weight excluding hydrogens is 562 g/mol. The van der Waals surface area contributed by atoms with E-state index in [2.05, 4.69) is 112 Å². The summed E-state index contributed by atoms with van der Waals surface area (Å²) in [6.07, 6.45) is 2.15. The van der Waals surface area contributed by atoms with Crippen molar-refractivity contribution in [1.82, 2.24) is 24.1 Å². The van der Waals surface area contributed by atoms with Crippen molar-refractivity contribution in [2.24, 2.45) is 0 Å². The molecule has 9 aromatic rings. The van der Waals surface area contributed by atoms with Crippen molar-refractivity contribution in [1.29, 1.82) is 0 Å². The fourth-order valence-corrected chi connectivity index (χ4v) is 6.47. The SMILES string of the molecule is c1ccc(-c2nc(-c3ccccc3)nc(-n3cc(-c4ccc(-n5c6ccccc6c6ccccc65)cc4)c4ccccc43)n2)cc1. The van der Waals surface area contributed by atoms with Crippen LogP contribution in [0.2, 0.25) is 0 Å². The number of rotatable bonds is 5. The van der Waals surface area contributed by atoms with Crippen molar-refractivity contribution in [2.75, 3.05) is 0 Å². The topological polar surface area (TPSA) is 48.5 Å². The van der Waals surface area contributed by atoms with Crippen LogP contribution in [0.4, 0.5) is 0 Å². The van der Waals surface area contributed by atoms with E-state index in [-0.39, 0.29) is 0 Å². The van der Waals surface area contributed by atoms with Gasteiger partial charge >= 0.3 is 0 Å². The molecule has 0 fully saturated rings. The van der Waals surface area contributed by atoms with Crippen molar-refractivity contribution < 1.29 is 0 Å². The average Bonchev–Trinajstić information content (AvgIpc) is 3.69. The van der Waals surface area contributed by atoms with E-state index in [0.29, 0.717) is 17.6 Å². The number of hydrogen-bond acceptors (Lipinski definition) is 3. The molecule has 0 N–H and O–H groups in total. The van der Waals surface area contributed by atoms with Crippen LogP contribution in [0, 0.1) is 0 Å². The minimum absolute atomic E-state index is 0.581. The second-order valence-corrected chi connectivity index (χ2v) is 11.4. The molecule has 9 rings (SSSR count). The van der Waals surface area contributed by atoms with Crippen LogP contribution in [0.5, 0.6) is 0 Å². The number of benzene rings is 6. The first-order chi connectivity index (χ1) is 22.8. The van der Waals surface area contributed by atoms with E-state index in [1.807, 2.05) is 60.7 Å². The first kappa shape index (κ1) is 26.1. The molecule has 46 heavy (non-hydrogen) atoms. The van der Waals surface area contributed by atoms with E-state index in [1.165, 1.54) is 21.8 Å².